The molecule has 2 aromatic rings. The summed E-state index contributed by atoms with van der Waals surface area (Å²) in [6, 6.07) is 13.2. The Bertz CT molecular complexity index is 1100. The molecule has 1 amide bonds. The van der Waals surface area contributed by atoms with Crippen molar-refractivity contribution < 1.29 is 17.9 Å². The summed E-state index contributed by atoms with van der Waals surface area (Å²) in [4.78, 5) is 17.8. The molecule has 4 rings (SSSR count). The predicted molar refractivity (Wildman–Crippen MR) is 139 cm³/mol. The molecule has 0 unspecified atom stereocenters. The average Bonchev–Trinajstić information content (AvgIpc) is 3.14. The smallest absolute Gasteiger partial charge is 0.264 e. The third-order valence-corrected chi connectivity index (χ3v) is 9.07. The van der Waals surface area contributed by atoms with Crippen LogP contribution in [0.4, 0.5) is 5.69 Å². The summed E-state index contributed by atoms with van der Waals surface area (Å²) in [6.45, 7) is 4.40. The molecule has 1 saturated carbocycles. The molecule has 0 spiro atoms. The van der Waals surface area contributed by atoms with Crippen molar-refractivity contribution in [3.8, 4) is 5.75 Å². The molecule has 0 N–H and O–H groups in total. The van der Waals surface area contributed by atoms with E-state index in [1.54, 1.807) is 49.6 Å². The van der Waals surface area contributed by atoms with Gasteiger partial charge in [-0.3, -0.25) is 9.10 Å². The molecule has 7 nitrogen and oxygen atoms in total. The number of hydrogen-bond donors (Lipinski definition) is 0. The molecule has 35 heavy (non-hydrogen) atoms. The number of carbonyl (C=O) groups excluding carboxylic acids is 1. The third-order valence-electron chi connectivity index (χ3n) is 7.29. The molecule has 190 valence electrons. The lowest BCUT2D eigenvalue weighted by Gasteiger charge is -2.28. The van der Waals surface area contributed by atoms with Crippen molar-refractivity contribution in [3.63, 3.8) is 0 Å². The molecule has 2 aliphatic rings. The van der Waals surface area contributed by atoms with Gasteiger partial charge in [0, 0.05) is 38.8 Å². The molecule has 0 aromatic heterocycles. The third kappa shape index (κ3) is 6.16. The lowest BCUT2D eigenvalue weighted by Crippen LogP contribution is -2.37. The Morgan fingerprint density at radius 1 is 0.971 bits per heavy atom. The molecule has 2 aromatic carbocycles. The summed E-state index contributed by atoms with van der Waals surface area (Å²) in [6.07, 6.45) is 7.64. The predicted octanol–water partition coefficient (Wildman–Crippen LogP) is 4.25. The van der Waals surface area contributed by atoms with Crippen LogP contribution in [0, 0.1) is 5.92 Å². The number of anilines is 1. The fourth-order valence-electron chi connectivity index (χ4n) is 5.15. The van der Waals surface area contributed by atoms with Gasteiger partial charge >= 0.3 is 0 Å². The highest BCUT2D eigenvalue weighted by Gasteiger charge is 2.26. The van der Waals surface area contributed by atoms with Crippen LogP contribution in [0.3, 0.4) is 0 Å². The molecular weight excluding hydrogens is 462 g/mol. The number of carbonyl (C=O) groups is 1. The Hall–Kier alpha value is -2.58. The van der Waals surface area contributed by atoms with E-state index in [2.05, 4.69) is 4.90 Å². The lowest BCUT2D eigenvalue weighted by molar-refractivity contribution is 0.0759. The minimum absolute atomic E-state index is 0.103. The molecule has 1 aliphatic heterocycles. The van der Waals surface area contributed by atoms with Crippen LogP contribution in [0.25, 0.3) is 0 Å². The number of amides is 1. The van der Waals surface area contributed by atoms with E-state index in [9.17, 15) is 13.2 Å². The van der Waals surface area contributed by atoms with Gasteiger partial charge in [-0.05, 0) is 74.2 Å². The van der Waals surface area contributed by atoms with E-state index in [0.29, 0.717) is 30.1 Å². The molecule has 8 heteroatoms. The number of sulfonamides is 1. The number of benzene rings is 2. The highest BCUT2D eigenvalue weighted by Crippen LogP contribution is 2.26. The first-order valence-electron chi connectivity index (χ1n) is 12.6. The summed E-state index contributed by atoms with van der Waals surface area (Å²) in [5.74, 6) is 1.34. The van der Waals surface area contributed by atoms with E-state index in [1.807, 2.05) is 4.90 Å². The number of nitrogens with zero attached hydrogens (tertiary/aromatic N) is 3. The Morgan fingerprint density at radius 3 is 2.43 bits per heavy atom. The second kappa shape index (κ2) is 11.4. The van der Waals surface area contributed by atoms with Crippen LogP contribution in [0.2, 0.25) is 0 Å². The van der Waals surface area contributed by atoms with Crippen molar-refractivity contribution in [2.75, 3.05) is 51.2 Å². The van der Waals surface area contributed by atoms with Crippen molar-refractivity contribution in [3.05, 3.63) is 54.1 Å². The molecule has 0 radical (unpaired) electrons. The van der Waals surface area contributed by atoms with Gasteiger partial charge < -0.3 is 14.5 Å². The topological polar surface area (TPSA) is 70.2 Å². The van der Waals surface area contributed by atoms with E-state index >= 15 is 0 Å². The van der Waals surface area contributed by atoms with E-state index in [1.165, 1.54) is 49.5 Å². The van der Waals surface area contributed by atoms with Gasteiger partial charge in [0.2, 0.25) is 0 Å². The van der Waals surface area contributed by atoms with Gasteiger partial charge in [0.25, 0.3) is 15.9 Å². The summed E-state index contributed by atoms with van der Waals surface area (Å²) in [5, 5.41) is 0. The molecule has 2 fully saturated rings. The van der Waals surface area contributed by atoms with Crippen LogP contribution in [-0.4, -0.2) is 71.0 Å². The molecule has 0 bridgehead atoms. The zero-order valence-corrected chi connectivity index (χ0v) is 21.7. The number of ether oxygens (including phenoxy) is 1. The SMILES string of the molecule is COc1ccc(N(C)S(=O)(=O)c2cccc(C(=O)N3CCCN(CC4CCCCC4)CC3)c2)cc1. The van der Waals surface area contributed by atoms with Gasteiger partial charge in [-0.25, -0.2) is 8.42 Å². The number of rotatable bonds is 7. The Labute approximate surface area is 209 Å². The second-order valence-electron chi connectivity index (χ2n) is 9.65. The van der Waals surface area contributed by atoms with E-state index in [4.69, 9.17) is 4.74 Å². The first-order chi connectivity index (χ1) is 16.9. The normalized spacial score (nSPS) is 18.2. The highest BCUT2D eigenvalue weighted by molar-refractivity contribution is 7.92. The van der Waals surface area contributed by atoms with Gasteiger partial charge in [-0.15, -0.1) is 0 Å². The molecule has 1 saturated heterocycles. The Balaban J connectivity index is 1.43. The first-order valence-corrected chi connectivity index (χ1v) is 14.1. The van der Waals surface area contributed by atoms with E-state index in [0.717, 1.165) is 32.0 Å². The summed E-state index contributed by atoms with van der Waals surface area (Å²) in [5.41, 5.74) is 0.933. The summed E-state index contributed by atoms with van der Waals surface area (Å²) in [7, 11) is -0.736. The fourth-order valence-corrected chi connectivity index (χ4v) is 6.39. The van der Waals surface area contributed by atoms with E-state index < -0.39 is 10.0 Å². The van der Waals surface area contributed by atoms with Gasteiger partial charge in [-0.2, -0.15) is 0 Å². The van der Waals surface area contributed by atoms with Crippen LogP contribution < -0.4 is 9.04 Å². The maximum absolute atomic E-state index is 13.3. The minimum Gasteiger partial charge on any atom is -0.497 e. The minimum atomic E-state index is -3.82. The van der Waals surface area contributed by atoms with Crippen LogP contribution in [0.15, 0.2) is 53.4 Å². The second-order valence-corrected chi connectivity index (χ2v) is 11.6. The zero-order valence-electron chi connectivity index (χ0n) is 20.9. The van der Waals surface area contributed by atoms with Gasteiger partial charge in [0.1, 0.15) is 5.75 Å². The molecule has 1 aliphatic carbocycles. The average molecular weight is 500 g/mol. The standard InChI is InChI=1S/C27H37N3O4S/c1-28(24-12-14-25(34-2)15-13-24)35(32,33)26-11-6-10-23(20-26)27(31)30-17-7-16-29(18-19-30)21-22-8-4-3-5-9-22/h6,10-15,20,22H,3-5,7-9,16-19,21H2,1-2H3. The van der Waals surface area contributed by atoms with Gasteiger partial charge in [0.05, 0.1) is 17.7 Å². The summed E-state index contributed by atoms with van der Waals surface area (Å²) < 4.78 is 33.0. The number of methoxy groups -OCH3 is 1. The van der Waals surface area contributed by atoms with E-state index in [-0.39, 0.29) is 10.8 Å². The van der Waals surface area contributed by atoms with Crippen LogP contribution in [0.1, 0.15) is 48.9 Å². The van der Waals surface area contributed by atoms with Crippen LogP contribution in [-0.2, 0) is 10.0 Å². The summed E-state index contributed by atoms with van der Waals surface area (Å²) >= 11 is 0. The first kappa shape index (κ1) is 25.5. The molecule has 1 heterocycles. The van der Waals surface area contributed by atoms with Crippen molar-refractivity contribution in [2.24, 2.45) is 5.92 Å². The highest BCUT2D eigenvalue weighted by atomic mass is 32.2. The van der Waals surface area contributed by atoms with Crippen LogP contribution >= 0.6 is 0 Å². The van der Waals surface area contributed by atoms with Crippen molar-refractivity contribution in [1.29, 1.82) is 0 Å². The van der Waals surface area contributed by atoms with Crippen LogP contribution in [0.5, 0.6) is 5.75 Å². The van der Waals surface area contributed by atoms with Crippen molar-refractivity contribution in [1.82, 2.24) is 9.80 Å². The lowest BCUT2D eigenvalue weighted by atomic mass is 9.89. The van der Waals surface area contributed by atoms with Gasteiger partial charge in [0.15, 0.2) is 0 Å². The molecular formula is C27H37N3O4S. The Morgan fingerprint density at radius 2 is 1.71 bits per heavy atom. The fraction of sp³-hybridized carbons (Fsp3) is 0.519. The van der Waals surface area contributed by atoms with Gasteiger partial charge in [-0.1, -0.05) is 25.3 Å². The maximum Gasteiger partial charge on any atom is 0.264 e. The number of hydrogen-bond acceptors (Lipinski definition) is 5. The van der Waals surface area contributed by atoms with Crippen molar-refractivity contribution >= 4 is 21.6 Å². The maximum atomic E-state index is 13.3. The monoisotopic (exact) mass is 499 g/mol. The molecule has 0 atom stereocenters. The Kier molecular flexibility index (Phi) is 8.34. The van der Waals surface area contributed by atoms with Crippen molar-refractivity contribution in [2.45, 2.75) is 43.4 Å². The zero-order chi connectivity index (χ0) is 24.8. The quantitative estimate of drug-likeness (QED) is 0.570. The largest absolute Gasteiger partial charge is 0.497 e.